The van der Waals surface area contributed by atoms with Crippen molar-refractivity contribution in [1.82, 2.24) is 5.16 Å². The molecule has 150 valence electrons. The second-order valence-corrected chi connectivity index (χ2v) is 6.99. The maximum atomic E-state index is 12.7. The molecule has 1 heterocycles. The standard InChI is InChI=1S/C20H18ClN3O5/c1-11-6-12(2)8-15(7-11)28-10-16-13(3)29-23-19(16)20(25)22-17-5-4-14(21)9-18(17)24(26)27/h4-9H,10H2,1-3H3,(H,22,25). The Balaban J connectivity index is 1.82. The molecule has 29 heavy (non-hydrogen) atoms. The summed E-state index contributed by atoms with van der Waals surface area (Å²) in [6.45, 7) is 5.64. The lowest BCUT2D eigenvalue weighted by molar-refractivity contribution is -0.383. The fourth-order valence-electron chi connectivity index (χ4n) is 2.85. The van der Waals surface area contributed by atoms with Gasteiger partial charge in [0.1, 0.15) is 23.8 Å². The predicted octanol–water partition coefficient (Wildman–Crippen LogP) is 4.99. The molecule has 3 aromatic rings. The molecule has 0 spiro atoms. The van der Waals surface area contributed by atoms with Crippen LogP contribution in [0.1, 0.15) is 32.9 Å². The number of amides is 1. The van der Waals surface area contributed by atoms with Crippen LogP contribution in [-0.4, -0.2) is 16.0 Å². The van der Waals surface area contributed by atoms with Gasteiger partial charge in [0.05, 0.1) is 10.5 Å². The van der Waals surface area contributed by atoms with Gasteiger partial charge in [0.15, 0.2) is 5.69 Å². The number of ether oxygens (including phenoxy) is 1. The number of carbonyl (C=O) groups excluding carboxylic acids is 1. The van der Waals surface area contributed by atoms with Gasteiger partial charge < -0.3 is 14.6 Å². The molecule has 0 aliphatic rings. The summed E-state index contributed by atoms with van der Waals surface area (Å²) in [4.78, 5) is 23.3. The van der Waals surface area contributed by atoms with E-state index >= 15 is 0 Å². The Labute approximate surface area is 171 Å². The van der Waals surface area contributed by atoms with Crippen molar-refractivity contribution in [2.75, 3.05) is 5.32 Å². The van der Waals surface area contributed by atoms with Crippen molar-refractivity contribution >= 4 is 28.9 Å². The van der Waals surface area contributed by atoms with Gasteiger partial charge in [0.2, 0.25) is 0 Å². The molecule has 0 fully saturated rings. The van der Waals surface area contributed by atoms with E-state index in [9.17, 15) is 14.9 Å². The molecule has 0 saturated carbocycles. The molecule has 0 radical (unpaired) electrons. The molecule has 9 heteroatoms. The van der Waals surface area contributed by atoms with Crippen LogP contribution in [0.15, 0.2) is 40.9 Å². The van der Waals surface area contributed by atoms with Crippen molar-refractivity contribution in [3.05, 3.63) is 79.7 Å². The van der Waals surface area contributed by atoms with Crippen LogP contribution in [0, 0.1) is 30.9 Å². The number of halogens is 1. The zero-order valence-corrected chi connectivity index (χ0v) is 16.7. The molecule has 0 bridgehead atoms. The Hall–Kier alpha value is -3.39. The van der Waals surface area contributed by atoms with Crippen molar-refractivity contribution in [3.8, 4) is 5.75 Å². The van der Waals surface area contributed by atoms with Crippen molar-refractivity contribution in [3.63, 3.8) is 0 Å². The van der Waals surface area contributed by atoms with Gasteiger partial charge in [0, 0.05) is 11.1 Å². The van der Waals surface area contributed by atoms with Gasteiger partial charge in [-0.1, -0.05) is 22.8 Å². The topological polar surface area (TPSA) is 108 Å². The minimum atomic E-state index is -0.647. The fraction of sp³-hybridized carbons (Fsp3) is 0.200. The number of aromatic nitrogens is 1. The van der Waals surface area contributed by atoms with E-state index in [0.29, 0.717) is 17.1 Å². The molecule has 2 aromatic carbocycles. The number of carbonyl (C=O) groups is 1. The van der Waals surface area contributed by atoms with Crippen molar-refractivity contribution in [2.24, 2.45) is 0 Å². The molecule has 3 rings (SSSR count). The van der Waals surface area contributed by atoms with Gasteiger partial charge >= 0.3 is 0 Å². The Morgan fingerprint density at radius 1 is 1.21 bits per heavy atom. The van der Waals surface area contributed by atoms with Crippen LogP contribution in [0.4, 0.5) is 11.4 Å². The molecule has 1 N–H and O–H groups in total. The lowest BCUT2D eigenvalue weighted by Gasteiger charge is -2.09. The minimum absolute atomic E-state index is 0.00359. The van der Waals surface area contributed by atoms with E-state index < -0.39 is 10.8 Å². The number of benzene rings is 2. The molecule has 0 saturated heterocycles. The first kappa shape index (κ1) is 20.3. The van der Waals surface area contributed by atoms with Gasteiger partial charge in [-0.3, -0.25) is 14.9 Å². The Morgan fingerprint density at radius 3 is 2.55 bits per heavy atom. The lowest BCUT2D eigenvalue weighted by Crippen LogP contribution is -2.16. The van der Waals surface area contributed by atoms with Crippen molar-refractivity contribution in [1.29, 1.82) is 0 Å². The Kier molecular flexibility index (Phi) is 5.84. The third-order valence-corrected chi connectivity index (χ3v) is 4.42. The molecular formula is C20H18ClN3O5. The monoisotopic (exact) mass is 415 g/mol. The van der Waals surface area contributed by atoms with Crippen LogP contribution < -0.4 is 10.1 Å². The lowest BCUT2D eigenvalue weighted by atomic mass is 10.1. The molecule has 0 aliphatic carbocycles. The number of rotatable bonds is 6. The van der Waals surface area contributed by atoms with E-state index in [2.05, 4.69) is 10.5 Å². The van der Waals surface area contributed by atoms with Gasteiger partial charge in [-0.2, -0.15) is 0 Å². The van der Waals surface area contributed by atoms with Gasteiger partial charge in [0.25, 0.3) is 11.6 Å². The second-order valence-electron chi connectivity index (χ2n) is 6.55. The van der Waals surface area contributed by atoms with Crippen LogP contribution in [0.25, 0.3) is 0 Å². The van der Waals surface area contributed by atoms with Crippen LogP contribution in [0.3, 0.4) is 0 Å². The highest BCUT2D eigenvalue weighted by Gasteiger charge is 2.23. The first-order valence-corrected chi connectivity index (χ1v) is 9.04. The summed E-state index contributed by atoms with van der Waals surface area (Å²) in [5, 5.41) is 17.7. The van der Waals surface area contributed by atoms with Gasteiger partial charge in [-0.15, -0.1) is 0 Å². The van der Waals surface area contributed by atoms with Crippen molar-refractivity contribution in [2.45, 2.75) is 27.4 Å². The highest BCUT2D eigenvalue weighted by Crippen LogP contribution is 2.29. The third-order valence-electron chi connectivity index (χ3n) is 4.18. The van der Waals surface area contributed by atoms with E-state index in [1.54, 1.807) is 6.92 Å². The Morgan fingerprint density at radius 2 is 1.90 bits per heavy atom. The van der Waals surface area contributed by atoms with Crippen LogP contribution in [0.2, 0.25) is 5.02 Å². The molecule has 0 atom stereocenters. The summed E-state index contributed by atoms with van der Waals surface area (Å²) in [6, 6.07) is 9.75. The largest absolute Gasteiger partial charge is 0.489 e. The highest BCUT2D eigenvalue weighted by atomic mass is 35.5. The number of nitro benzene ring substituents is 1. The van der Waals surface area contributed by atoms with E-state index in [4.69, 9.17) is 20.9 Å². The fourth-order valence-corrected chi connectivity index (χ4v) is 3.02. The molecular weight excluding hydrogens is 398 g/mol. The van der Waals surface area contributed by atoms with E-state index in [1.807, 2.05) is 32.0 Å². The number of nitro groups is 1. The summed E-state index contributed by atoms with van der Waals surface area (Å²) in [5.41, 5.74) is 2.24. The predicted molar refractivity (Wildman–Crippen MR) is 108 cm³/mol. The van der Waals surface area contributed by atoms with E-state index in [0.717, 1.165) is 17.2 Å². The highest BCUT2D eigenvalue weighted by molar-refractivity contribution is 6.31. The molecule has 1 amide bonds. The maximum Gasteiger partial charge on any atom is 0.294 e. The van der Waals surface area contributed by atoms with Crippen molar-refractivity contribution < 1.29 is 19.0 Å². The second kappa shape index (κ2) is 8.32. The van der Waals surface area contributed by atoms with Gasteiger partial charge in [-0.05, 0) is 56.2 Å². The number of nitrogens with zero attached hydrogens (tertiary/aromatic N) is 2. The average Bonchev–Trinajstić information content (AvgIpc) is 3.01. The number of hydrogen-bond acceptors (Lipinski definition) is 6. The van der Waals surface area contributed by atoms with E-state index in [-0.39, 0.29) is 28.7 Å². The van der Waals surface area contributed by atoms with Crippen LogP contribution >= 0.6 is 11.6 Å². The normalized spacial score (nSPS) is 10.6. The summed E-state index contributed by atoms with van der Waals surface area (Å²) in [7, 11) is 0. The van der Waals surface area contributed by atoms with Crippen LogP contribution in [0.5, 0.6) is 5.75 Å². The zero-order valence-electron chi connectivity index (χ0n) is 16.0. The average molecular weight is 416 g/mol. The summed E-state index contributed by atoms with van der Waals surface area (Å²) < 4.78 is 10.9. The molecule has 1 aromatic heterocycles. The minimum Gasteiger partial charge on any atom is -0.489 e. The zero-order chi connectivity index (χ0) is 21.1. The van der Waals surface area contributed by atoms with E-state index in [1.165, 1.54) is 12.1 Å². The number of anilines is 1. The summed E-state index contributed by atoms with van der Waals surface area (Å²) in [6.07, 6.45) is 0. The van der Waals surface area contributed by atoms with Gasteiger partial charge in [-0.25, -0.2) is 0 Å². The summed E-state index contributed by atoms with van der Waals surface area (Å²) in [5.74, 6) is 0.430. The SMILES string of the molecule is Cc1cc(C)cc(OCc2c(C(=O)Nc3ccc(Cl)cc3[N+](=O)[O-])noc2C)c1. The summed E-state index contributed by atoms with van der Waals surface area (Å²) >= 11 is 5.80. The quantitative estimate of drug-likeness (QED) is 0.448. The maximum absolute atomic E-state index is 12.7. The molecule has 0 unspecified atom stereocenters. The smallest absolute Gasteiger partial charge is 0.294 e. The van der Waals surface area contributed by atoms with Crippen LogP contribution in [-0.2, 0) is 6.61 Å². The first-order chi connectivity index (χ1) is 13.7. The molecule has 8 nitrogen and oxygen atoms in total. The number of nitrogens with one attached hydrogen (secondary N) is 1. The number of aryl methyl sites for hydroxylation is 3. The number of hydrogen-bond donors (Lipinski definition) is 1. The third kappa shape index (κ3) is 4.72. The Bertz CT molecular complexity index is 1070. The first-order valence-electron chi connectivity index (χ1n) is 8.66. The molecule has 0 aliphatic heterocycles.